The summed E-state index contributed by atoms with van der Waals surface area (Å²) in [6.07, 6.45) is 2.01. The number of anilines is 1. The van der Waals surface area contributed by atoms with Gasteiger partial charge in [0.25, 0.3) is 11.8 Å². The fourth-order valence-electron chi connectivity index (χ4n) is 3.28. The van der Waals surface area contributed by atoms with Gasteiger partial charge in [-0.25, -0.2) is 0 Å². The first-order valence-corrected chi connectivity index (χ1v) is 10.3. The molecule has 0 saturated carbocycles. The third-order valence-electron chi connectivity index (χ3n) is 4.74. The Morgan fingerprint density at radius 1 is 1.03 bits per heavy atom. The number of para-hydroxylation sites is 1. The van der Waals surface area contributed by atoms with Crippen LogP contribution >= 0.6 is 0 Å². The normalized spacial score (nSPS) is 15.5. The van der Waals surface area contributed by atoms with Crippen LogP contribution in [-0.4, -0.2) is 44.3 Å². The van der Waals surface area contributed by atoms with Crippen molar-refractivity contribution in [2.75, 3.05) is 31.7 Å². The molecule has 2 N–H and O–H groups in total. The number of carbonyl (C=O) groups excluding carboxylic acids is 2. The van der Waals surface area contributed by atoms with E-state index in [-0.39, 0.29) is 17.9 Å². The first-order valence-electron chi connectivity index (χ1n) is 10.3. The van der Waals surface area contributed by atoms with E-state index in [0.717, 1.165) is 19.4 Å². The van der Waals surface area contributed by atoms with Crippen molar-refractivity contribution in [3.63, 3.8) is 0 Å². The van der Waals surface area contributed by atoms with Gasteiger partial charge in [-0.2, -0.15) is 0 Å². The number of benzene rings is 2. The van der Waals surface area contributed by atoms with Crippen molar-refractivity contribution in [2.45, 2.75) is 32.8 Å². The molecule has 0 aromatic heterocycles. The molecule has 1 aliphatic rings. The Labute approximate surface area is 176 Å². The molecule has 30 heavy (non-hydrogen) atoms. The van der Waals surface area contributed by atoms with E-state index in [1.807, 2.05) is 13.8 Å². The van der Waals surface area contributed by atoms with E-state index in [4.69, 9.17) is 14.2 Å². The lowest BCUT2D eigenvalue weighted by Crippen LogP contribution is -2.32. The van der Waals surface area contributed by atoms with Gasteiger partial charge in [-0.15, -0.1) is 0 Å². The Balaban J connectivity index is 1.72. The lowest BCUT2D eigenvalue weighted by Gasteiger charge is -2.15. The van der Waals surface area contributed by atoms with Gasteiger partial charge in [-0.1, -0.05) is 12.1 Å². The van der Waals surface area contributed by atoms with E-state index in [1.165, 1.54) is 0 Å². The quantitative estimate of drug-likeness (QED) is 0.657. The molecule has 0 bridgehead atoms. The third-order valence-corrected chi connectivity index (χ3v) is 4.74. The molecule has 1 atom stereocenters. The molecule has 1 saturated heterocycles. The molecule has 0 aliphatic carbocycles. The van der Waals surface area contributed by atoms with Gasteiger partial charge in [-0.3, -0.25) is 9.59 Å². The summed E-state index contributed by atoms with van der Waals surface area (Å²) >= 11 is 0. The highest BCUT2D eigenvalue weighted by molar-refractivity contribution is 6.09. The first-order chi connectivity index (χ1) is 14.6. The topological polar surface area (TPSA) is 85.9 Å². The molecular weight excluding hydrogens is 384 g/mol. The molecule has 1 unspecified atom stereocenters. The van der Waals surface area contributed by atoms with Crippen molar-refractivity contribution < 1.29 is 23.8 Å². The van der Waals surface area contributed by atoms with Crippen LogP contribution in [-0.2, 0) is 4.74 Å². The molecule has 3 rings (SSSR count). The number of amides is 2. The van der Waals surface area contributed by atoms with Crippen molar-refractivity contribution in [1.82, 2.24) is 5.32 Å². The van der Waals surface area contributed by atoms with Crippen LogP contribution in [0, 0.1) is 0 Å². The van der Waals surface area contributed by atoms with Crippen LogP contribution in [0.4, 0.5) is 5.69 Å². The zero-order valence-electron chi connectivity index (χ0n) is 17.4. The maximum Gasteiger partial charge on any atom is 0.255 e. The predicted octanol–water partition coefficient (Wildman–Crippen LogP) is 3.65. The van der Waals surface area contributed by atoms with Gasteiger partial charge < -0.3 is 24.8 Å². The molecule has 2 aromatic carbocycles. The van der Waals surface area contributed by atoms with Crippen LogP contribution in [0.1, 0.15) is 47.4 Å². The standard InChI is InChI=1S/C23H28N2O5/c1-3-28-20-12-11-16(14-21(20)29-4-2)22(26)25-19-10-6-5-9-18(19)23(27)24-15-17-8-7-13-30-17/h5-6,9-12,14,17H,3-4,7-8,13,15H2,1-2H3,(H,24,27)(H,25,26). The number of nitrogens with one attached hydrogen (secondary N) is 2. The molecule has 0 radical (unpaired) electrons. The van der Waals surface area contributed by atoms with E-state index >= 15 is 0 Å². The lowest BCUT2D eigenvalue weighted by atomic mass is 10.1. The Morgan fingerprint density at radius 3 is 2.53 bits per heavy atom. The fraction of sp³-hybridized carbons (Fsp3) is 0.391. The highest BCUT2D eigenvalue weighted by Gasteiger charge is 2.19. The predicted molar refractivity (Wildman–Crippen MR) is 114 cm³/mol. The number of hydrogen-bond acceptors (Lipinski definition) is 5. The van der Waals surface area contributed by atoms with Crippen molar-refractivity contribution >= 4 is 17.5 Å². The minimum atomic E-state index is -0.335. The average molecular weight is 412 g/mol. The van der Waals surface area contributed by atoms with E-state index in [1.54, 1.807) is 42.5 Å². The maximum atomic E-state index is 12.8. The van der Waals surface area contributed by atoms with Gasteiger partial charge in [0.1, 0.15) is 0 Å². The van der Waals surface area contributed by atoms with Crippen LogP contribution < -0.4 is 20.1 Å². The largest absolute Gasteiger partial charge is 0.490 e. The van der Waals surface area contributed by atoms with Gasteiger partial charge >= 0.3 is 0 Å². The second kappa shape index (κ2) is 10.6. The monoisotopic (exact) mass is 412 g/mol. The molecule has 2 aromatic rings. The van der Waals surface area contributed by atoms with E-state index < -0.39 is 0 Å². The second-order valence-corrected chi connectivity index (χ2v) is 6.87. The summed E-state index contributed by atoms with van der Waals surface area (Å²) in [6, 6.07) is 12.0. The van der Waals surface area contributed by atoms with Crippen LogP contribution in [0.25, 0.3) is 0 Å². The van der Waals surface area contributed by atoms with Crippen molar-refractivity contribution in [3.8, 4) is 11.5 Å². The van der Waals surface area contributed by atoms with Gasteiger partial charge in [-0.05, 0) is 57.0 Å². The highest BCUT2D eigenvalue weighted by Crippen LogP contribution is 2.29. The molecular formula is C23H28N2O5. The summed E-state index contributed by atoms with van der Waals surface area (Å²) in [4.78, 5) is 25.5. The third kappa shape index (κ3) is 5.51. The number of hydrogen-bond donors (Lipinski definition) is 2. The molecule has 160 valence electrons. The summed E-state index contributed by atoms with van der Waals surface area (Å²) in [5.41, 5.74) is 1.26. The van der Waals surface area contributed by atoms with E-state index in [2.05, 4.69) is 10.6 Å². The Hall–Kier alpha value is -3.06. The summed E-state index contributed by atoms with van der Waals surface area (Å²) in [7, 11) is 0. The molecule has 7 nitrogen and oxygen atoms in total. The van der Waals surface area contributed by atoms with E-state index in [0.29, 0.717) is 48.1 Å². The summed E-state index contributed by atoms with van der Waals surface area (Å²) in [6.45, 7) is 5.90. The highest BCUT2D eigenvalue weighted by atomic mass is 16.5. The van der Waals surface area contributed by atoms with Gasteiger partial charge in [0.15, 0.2) is 11.5 Å². The van der Waals surface area contributed by atoms with Crippen LogP contribution in [0.5, 0.6) is 11.5 Å². The van der Waals surface area contributed by atoms with Gasteiger partial charge in [0.2, 0.25) is 0 Å². The van der Waals surface area contributed by atoms with E-state index in [9.17, 15) is 9.59 Å². The number of ether oxygens (including phenoxy) is 3. The Kier molecular flexibility index (Phi) is 7.68. The van der Waals surface area contributed by atoms with Crippen LogP contribution in [0.15, 0.2) is 42.5 Å². The summed E-state index contributed by atoms with van der Waals surface area (Å²) in [5, 5.41) is 5.72. The van der Waals surface area contributed by atoms with Gasteiger partial charge in [0, 0.05) is 18.7 Å². The molecule has 2 amide bonds. The molecule has 1 aliphatic heterocycles. The number of rotatable bonds is 9. The molecule has 7 heteroatoms. The Bertz CT molecular complexity index is 878. The Morgan fingerprint density at radius 2 is 1.80 bits per heavy atom. The van der Waals surface area contributed by atoms with Gasteiger partial charge in [0.05, 0.1) is 30.6 Å². The number of carbonyl (C=O) groups is 2. The second-order valence-electron chi connectivity index (χ2n) is 6.87. The SMILES string of the molecule is CCOc1ccc(C(=O)Nc2ccccc2C(=O)NCC2CCCO2)cc1OCC. The zero-order chi connectivity index (χ0) is 21.3. The van der Waals surface area contributed by atoms with Crippen molar-refractivity contribution in [1.29, 1.82) is 0 Å². The molecule has 0 spiro atoms. The maximum absolute atomic E-state index is 12.8. The smallest absolute Gasteiger partial charge is 0.255 e. The van der Waals surface area contributed by atoms with Crippen molar-refractivity contribution in [3.05, 3.63) is 53.6 Å². The summed E-state index contributed by atoms with van der Waals surface area (Å²) < 4.78 is 16.7. The van der Waals surface area contributed by atoms with Crippen molar-refractivity contribution in [2.24, 2.45) is 0 Å². The van der Waals surface area contributed by atoms with Crippen LogP contribution in [0.3, 0.4) is 0 Å². The first kappa shape index (κ1) is 21.6. The molecule has 1 fully saturated rings. The minimum absolute atomic E-state index is 0.0524. The summed E-state index contributed by atoms with van der Waals surface area (Å²) in [5.74, 6) is 0.515. The molecule has 1 heterocycles. The average Bonchev–Trinajstić information content (AvgIpc) is 3.27. The minimum Gasteiger partial charge on any atom is -0.490 e. The van der Waals surface area contributed by atoms with Crippen LogP contribution in [0.2, 0.25) is 0 Å². The zero-order valence-corrected chi connectivity index (χ0v) is 17.4. The fourth-order valence-corrected chi connectivity index (χ4v) is 3.28. The lowest BCUT2D eigenvalue weighted by molar-refractivity contribution is 0.0858.